The second-order valence-corrected chi connectivity index (χ2v) is 6.64. The summed E-state index contributed by atoms with van der Waals surface area (Å²) in [6.45, 7) is 2.87. The van der Waals surface area contributed by atoms with Gasteiger partial charge in [0.2, 0.25) is 0 Å². The van der Waals surface area contributed by atoms with Crippen LogP contribution in [0.25, 0.3) is 5.95 Å². The van der Waals surface area contributed by atoms with Gasteiger partial charge in [0.05, 0.1) is 30.0 Å². The van der Waals surface area contributed by atoms with E-state index >= 15 is 0 Å². The van der Waals surface area contributed by atoms with Gasteiger partial charge < -0.3 is 20.1 Å². The zero-order valence-corrected chi connectivity index (χ0v) is 16.3. The highest BCUT2D eigenvalue weighted by atomic mass is 35.5. The Balaban J connectivity index is 1.47. The second kappa shape index (κ2) is 8.31. The van der Waals surface area contributed by atoms with Crippen molar-refractivity contribution in [2.24, 2.45) is 0 Å². The monoisotopic (exact) mass is 415 g/mol. The number of ether oxygens (including phenoxy) is 2. The van der Waals surface area contributed by atoms with E-state index in [9.17, 15) is 4.79 Å². The number of anilines is 1. The van der Waals surface area contributed by atoms with Gasteiger partial charge in [-0.25, -0.2) is 19.7 Å². The molecule has 2 amide bonds. The fraction of sp³-hybridized carbons (Fsp3) is 0.278. The Kier molecular flexibility index (Phi) is 5.43. The second-order valence-electron chi connectivity index (χ2n) is 6.23. The summed E-state index contributed by atoms with van der Waals surface area (Å²) < 4.78 is 12.7. The van der Waals surface area contributed by atoms with Gasteiger partial charge in [-0.1, -0.05) is 11.6 Å². The number of nitrogens with zero attached hydrogens (tertiary/aromatic N) is 5. The lowest BCUT2D eigenvalue weighted by Gasteiger charge is -2.16. The Hall–Kier alpha value is -3.40. The van der Waals surface area contributed by atoms with Crippen LogP contribution in [0.4, 0.5) is 10.5 Å². The highest BCUT2D eigenvalue weighted by molar-refractivity contribution is 6.34. The smallest absolute Gasteiger partial charge is 0.319 e. The zero-order valence-electron chi connectivity index (χ0n) is 15.5. The molecule has 0 saturated carbocycles. The van der Waals surface area contributed by atoms with Crippen molar-refractivity contribution in [3.05, 3.63) is 47.8 Å². The molecule has 2 N–H and O–H groups in total. The standard InChI is InChI=1S/C18H18ClN7O3/c1-11(16-22-10-23-26(16)17-20-4-2-5-21-17)24-18(27)25-13-9-15-14(8-12(13)19)28-6-3-7-29-15/h2,4-5,8-11H,3,6-7H2,1H3,(H2,24,25,27). The van der Waals surface area contributed by atoms with E-state index in [-0.39, 0.29) is 0 Å². The molecular formula is C18H18ClN7O3. The van der Waals surface area contributed by atoms with Gasteiger partial charge in [0.15, 0.2) is 17.3 Å². The molecule has 11 heteroatoms. The molecule has 10 nitrogen and oxygen atoms in total. The molecule has 1 aliphatic heterocycles. The number of carbonyl (C=O) groups excluding carboxylic acids is 1. The van der Waals surface area contributed by atoms with Crippen LogP contribution < -0.4 is 20.1 Å². The van der Waals surface area contributed by atoms with Crippen LogP contribution in [0.3, 0.4) is 0 Å². The van der Waals surface area contributed by atoms with Crippen LogP contribution in [0.15, 0.2) is 36.9 Å². The number of rotatable bonds is 4. The van der Waals surface area contributed by atoms with Crippen molar-refractivity contribution in [3.8, 4) is 17.4 Å². The van der Waals surface area contributed by atoms with Crippen LogP contribution in [0, 0.1) is 0 Å². The van der Waals surface area contributed by atoms with Crippen molar-refractivity contribution in [2.75, 3.05) is 18.5 Å². The van der Waals surface area contributed by atoms with Crippen molar-refractivity contribution in [1.29, 1.82) is 0 Å². The maximum Gasteiger partial charge on any atom is 0.319 e. The van der Waals surface area contributed by atoms with Crippen LogP contribution in [0.5, 0.6) is 11.5 Å². The van der Waals surface area contributed by atoms with E-state index in [1.54, 1.807) is 37.5 Å². The number of amides is 2. The molecule has 1 atom stereocenters. The van der Waals surface area contributed by atoms with Crippen molar-refractivity contribution >= 4 is 23.3 Å². The number of fused-ring (bicyclic) bond motifs is 1. The molecule has 150 valence electrons. The van der Waals surface area contributed by atoms with Crippen LogP contribution in [0.1, 0.15) is 25.2 Å². The Morgan fingerprint density at radius 2 is 1.90 bits per heavy atom. The molecule has 1 aliphatic rings. The van der Waals surface area contributed by atoms with E-state index in [0.717, 1.165) is 6.42 Å². The van der Waals surface area contributed by atoms with Crippen molar-refractivity contribution < 1.29 is 14.3 Å². The van der Waals surface area contributed by atoms with E-state index < -0.39 is 12.1 Å². The molecule has 1 aromatic carbocycles. The predicted molar refractivity (Wildman–Crippen MR) is 105 cm³/mol. The first-order chi connectivity index (χ1) is 14.1. The topological polar surface area (TPSA) is 116 Å². The Labute approximate surface area is 171 Å². The minimum atomic E-state index is -0.472. The summed E-state index contributed by atoms with van der Waals surface area (Å²) in [5.74, 6) is 1.94. The van der Waals surface area contributed by atoms with Crippen LogP contribution >= 0.6 is 11.6 Å². The van der Waals surface area contributed by atoms with E-state index in [4.69, 9.17) is 21.1 Å². The molecule has 4 rings (SSSR count). The number of aromatic nitrogens is 5. The SMILES string of the molecule is CC(NC(=O)Nc1cc2c(cc1Cl)OCCCO2)c1ncnn1-c1ncccn1. The summed E-state index contributed by atoms with van der Waals surface area (Å²) in [7, 11) is 0. The summed E-state index contributed by atoms with van der Waals surface area (Å²) in [4.78, 5) is 25.0. The lowest BCUT2D eigenvalue weighted by molar-refractivity contribution is 0.248. The van der Waals surface area contributed by atoms with Crippen molar-refractivity contribution in [3.63, 3.8) is 0 Å². The predicted octanol–water partition coefficient (Wildman–Crippen LogP) is 2.75. The maximum absolute atomic E-state index is 12.5. The number of urea groups is 1. The summed E-state index contributed by atoms with van der Waals surface area (Å²) in [5, 5.41) is 10.0. The largest absolute Gasteiger partial charge is 0.490 e. The highest BCUT2D eigenvalue weighted by Crippen LogP contribution is 2.37. The Bertz CT molecular complexity index is 1010. The molecule has 29 heavy (non-hydrogen) atoms. The fourth-order valence-corrected chi connectivity index (χ4v) is 3.00. The molecule has 2 aromatic heterocycles. The Morgan fingerprint density at radius 3 is 2.66 bits per heavy atom. The summed E-state index contributed by atoms with van der Waals surface area (Å²) in [6.07, 6.45) is 5.36. The molecule has 0 spiro atoms. The number of hydrogen-bond acceptors (Lipinski definition) is 7. The van der Waals surface area contributed by atoms with Crippen LogP contribution in [0.2, 0.25) is 5.02 Å². The summed E-state index contributed by atoms with van der Waals surface area (Å²) in [6, 6.07) is 4.05. The molecule has 0 radical (unpaired) electrons. The maximum atomic E-state index is 12.5. The molecule has 0 saturated heterocycles. The van der Waals surface area contributed by atoms with E-state index in [1.165, 1.54) is 11.0 Å². The van der Waals surface area contributed by atoms with E-state index in [1.807, 2.05) is 0 Å². The third-order valence-electron chi connectivity index (χ3n) is 4.14. The van der Waals surface area contributed by atoms with Gasteiger partial charge in [0.25, 0.3) is 5.95 Å². The number of halogens is 1. The zero-order chi connectivity index (χ0) is 20.2. The molecule has 0 aliphatic carbocycles. The van der Waals surface area contributed by atoms with Crippen molar-refractivity contribution in [2.45, 2.75) is 19.4 Å². The number of benzene rings is 1. The van der Waals surface area contributed by atoms with Gasteiger partial charge in [-0.05, 0) is 13.0 Å². The van der Waals surface area contributed by atoms with Crippen molar-refractivity contribution in [1.82, 2.24) is 30.0 Å². The van der Waals surface area contributed by atoms with Gasteiger partial charge in [-0.3, -0.25) is 0 Å². The minimum absolute atomic E-state index is 0.345. The van der Waals surface area contributed by atoms with Gasteiger partial charge >= 0.3 is 6.03 Å². The average molecular weight is 416 g/mol. The fourth-order valence-electron chi connectivity index (χ4n) is 2.80. The minimum Gasteiger partial charge on any atom is -0.490 e. The van der Waals surface area contributed by atoms with Crippen LogP contribution in [-0.4, -0.2) is 44.0 Å². The molecule has 3 aromatic rings. The average Bonchev–Trinajstić information content (AvgIpc) is 3.10. The third kappa shape index (κ3) is 4.21. The summed E-state index contributed by atoms with van der Waals surface area (Å²) in [5.41, 5.74) is 0.411. The first-order valence-electron chi connectivity index (χ1n) is 8.96. The molecule has 3 heterocycles. The number of carbonyl (C=O) groups is 1. The molecule has 1 unspecified atom stereocenters. The lowest BCUT2D eigenvalue weighted by atomic mass is 10.2. The lowest BCUT2D eigenvalue weighted by Crippen LogP contribution is -2.32. The molecule has 0 fully saturated rings. The third-order valence-corrected chi connectivity index (χ3v) is 4.45. The normalized spacial score (nSPS) is 14.0. The summed E-state index contributed by atoms with van der Waals surface area (Å²) >= 11 is 6.28. The first kappa shape index (κ1) is 18.9. The molecular weight excluding hydrogens is 398 g/mol. The number of nitrogens with one attached hydrogen (secondary N) is 2. The quantitative estimate of drug-likeness (QED) is 0.672. The molecule has 0 bridgehead atoms. The highest BCUT2D eigenvalue weighted by Gasteiger charge is 2.20. The Morgan fingerprint density at radius 1 is 1.17 bits per heavy atom. The first-order valence-corrected chi connectivity index (χ1v) is 9.33. The van der Waals surface area contributed by atoms with Gasteiger partial charge in [-0.15, -0.1) is 0 Å². The van der Waals surface area contributed by atoms with E-state index in [0.29, 0.717) is 47.2 Å². The number of hydrogen-bond donors (Lipinski definition) is 2. The van der Waals surface area contributed by atoms with Crippen LogP contribution in [-0.2, 0) is 0 Å². The van der Waals surface area contributed by atoms with Gasteiger partial charge in [-0.2, -0.15) is 9.78 Å². The van der Waals surface area contributed by atoms with Gasteiger partial charge in [0.1, 0.15) is 6.33 Å². The van der Waals surface area contributed by atoms with Gasteiger partial charge in [0, 0.05) is 30.9 Å². The van der Waals surface area contributed by atoms with E-state index in [2.05, 4.69) is 30.7 Å².